The topological polar surface area (TPSA) is 64.2 Å². The highest BCUT2D eigenvalue weighted by Gasteiger charge is 2.24. The van der Waals surface area contributed by atoms with Crippen molar-refractivity contribution in [1.29, 1.82) is 0 Å². The van der Waals surface area contributed by atoms with Gasteiger partial charge < -0.3 is 14.7 Å². The Hall–Kier alpha value is -2.41. The van der Waals surface area contributed by atoms with Crippen LogP contribution < -0.4 is 4.90 Å². The monoisotopic (exact) mass is 372 g/mol. The Morgan fingerprint density at radius 1 is 0.963 bits per heavy atom. The highest BCUT2D eigenvalue weighted by atomic mass is 16.2. The molecule has 146 valence electrons. The van der Waals surface area contributed by atoms with Crippen LogP contribution >= 0.6 is 0 Å². The Morgan fingerprint density at radius 2 is 1.70 bits per heavy atom. The molecular weight excluding hydrogens is 344 g/mol. The van der Waals surface area contributed by atoms with Crippen LogP contribution in [0, 0.1) is 0 Å². The smallest absolute Gasteiger partial charge is 0.253 e. The molecule has 0 atom stereocenters. The van der Waals surface area contributed by atoms with Crippen molar-refractivity contribution in [1.82, 2.24) is 14.7 Å². The summed E-state index contributed by atoms with van der Waals surface area (Å²) in [7, 11) is 3.52. The number of amides is 3. The van der Waals surface area contributed by atoms with Crippen LogP contribution in [0.5, 0.6) is 0 Å². The van der Waals surface area contributed by atoms with Crippen molar-refractivity contribution in [3.63, 3.8) is 0 Å². The van der Waals surface area contributed by atoms with Crippen molar-refractivity contribution in [2.45, 2.75) is 19.3 Å². The van der Waals surface area contributed by atoms with Gasteiger partial charge in [0, 0.05) is 64.5 Å². The van der Waals surface area contributed by atoms with Gasteiger partial charge >= 0.3 is 0 Å². The van der Waals surface area contributed by atoms with E-state index >= 15 is 0 Å². The standard InChI is InChI=1S/C20H28N4O3/c1-21(2)19(26)15-22-10-4-11-23(14-13-22)20(27)16-6-8-17(9-7-16)24-12-3-5-18(24)25/h6-9H,3-5,10-15H2,1-2H3. The normalized spacial score (nSPS) is 18.5. The second-order valence-corrected chi connectivity index (χ2v) is 7.41. The van der Waals surface area contributed by atoms with Crippen molar-refractivity contribution < 1.29 is 14.4 Å². The Bertz CT molecular complexity index is 702. The predicted molar refractivity (Wildman–Crippen MR) is 104 cm³/mol. The van der Waals surface area contributed by atoms with Crippen LogP contribution in [0.1, 0.15) is 29.6 Å². The molecule has 0 aromatic heterocycles. The molecule has 3 rings (SSSR count). The molecule has 3 amide bonds. The highest BCUT2D eigenvalue weighted by molar-refractivity contribution is 5.97. The van der Waals surface area contributed by atoms with Gasteiger partial charge in [-0.15, -0.1) is 0 Å². The van der Waals surface area contributed by atoms with Gasteiger partial charge in [-0.3, -0.25) is 19.3 Å². The van der Waals surface area contributed by atoms with Crippen molar-refractivity contribution in [2.75, 3.05) is 58.3 Å². The number of likely N-dealkylation sites (N-methyl/N-ethyl adjacent to an activating group) is 1. The molecule has 1 aromatic carbocycles. The summed E-state index contributed by atoms with van der Waals surface area (Å²) in [6.07, 6.45) is 2.34. The highest BCUT2D eigenvalue weighted by Crippen LogP contribution is 2.22. The Morgan fingerprint density at radius 3 is 2.33 bits per heavy atom. The lowest BCUT2D eigenvalue weighted by atomic mass is 10.1. The summed E-state index contributed by atoms with van der Waals surface area (Å²) in [4.78, 5) is 43.9. The van der Waals surface area contributed by atoms with E-state index < -0.39 is 0 Å². The number of hydrogen-bond acceptors (Lipinski definition) is 4. The first kappa shape index (κ1) is 19.4. The van der Waals surface area contributed by atoms with E-state index in [0.29, 0.717) is 38.2 Å². The average Bonchev–Trinajstić information content (AvgIpc) is 2.95. The maximum Gasteiger partial charge on any atom is 0.253 e. The lowest BCUT2D eigenvalue weighted by Crippen LogP contribution is -2.39. The number of nitrogens with zero attached hydrogens (tertiary/aromatic N) is 4. The minimum atomic E-state index is 0.00934. The summed E-state index contributed by atoms with van der Waals surface area (Å²) in [5.41, 5.74) is 1.50. The SMILES string of the molecule is CN(C)C(=O)CN1CCCN(C(=O)c2ccc(N3CCCC3=O)cc2)CC1. The third-order valence-electron chi connectivity index (χ3n) is 5.23. The Balaban J connectivity index is 1.59. The van der Waals surface area contributed by atoms with Gasteiger partial charge in [0.05, 0.1) is 6.54 Å². The number of rotatable bonds is 4. The van der Waals surface area contributed by atoms with E-state index in [4.69, 9.17) is 0 Å². The molecule has 1 aromatic rings. The molecule has 2 aliphatic rings. The fraction of sp³-hybridized carbons (Fsp3) is 0.550. The number of carbonyl (C=O) groups is 3. The largest absolute Gasteiger partial charge is 0.348 e. The van der Waals surface area contributed by atoms with Gasteiger partial charge in [0.2, 0.25) is 11.8 Å². The van der Waals surface area contributed by atoms with Gasteiger partial charge in [-0.2, -0.15) is 0 Å². The zero-order chi connectivity index (χ0) is 19.4. The molecule has 0 radical (unpaired) electrons. The Labute approximate surface area is 160 Å². The summed E-state index contributed by atoms with van der Waals surface area (Å²) in [6, 6.07) is 7.33. The molecule has 0 unspecified atom stereocenters. The van der Waals surface area contributed by atoms with Gasteiger partial charge in [-0.25, -0.2) is 0 Å². The van der Waals surface area contributed by atoms with E-state index in [1.54, 1.807) is 23.9 Å². The summed E-state index contributed by atoms with van der Waals surface area (Å²) < 4.78 is 0. The fourth-order valence-corrected chi connectivity index (χ4v) is 3.55. The van der Waals surface area contributed by atoms with Gasteiger partial charge in [0.15, 0.2) is 0 Å². The molecule has 0 spiro atoms. The lowest BCUT2D eigenvalue weighted by Gasteiger charge is -2.23. The van der Waals surface area contributed by atoms with Crippen molar-refractivity contribution in [3.05, 3.63) is 29.8 Å². The quantitative estimate of drug-likeness (QED) is 0.793. The number of benzene rings is 1. The van der Waals surface area contributed by atoms with Crippen LogP contribution in [0.3, 0.4) is 0 Å². The van der Waals surface area contributed by atoms with Crippen LogP contribution in [0.2, 0.25) is 0 Å². The first-order chi connectivity index (χ1) is 13.0. The molecule has 7 nitrogen and oxygen atoms in total. The third kappa shape index (κ3) is 4.66. The van der Waals surface area contributed by atoms with Gasteiger partial charge in [-0.05, 0) is 37.1 Å². The second kappa shape index (κ2) is 8.52. The molecule has 0 aliphatic carbocycles. The molecule has 2 saturated heterocycles. The summed E-state index contributed by atoms with van der Waals surface area (Å²) in [5.74, 6) is 0.242. The molecule has 2 aliphatic heterocycles. The van der Waals surface area contributed by atoms with Gasteiger partial charge in [0.1, 0.15) is 0 Å². The van der Waals surface area contributed by atoms with Crippen molar-refractivity contribution in [3.8, 4) is 0 Å². The summed E-state index contributed by atoms with van der Waals surface area (Å²) in [6.45, 7) is 3.97. The third-order valence-corrected chi connectivity index (χ3v) is 5.23. The van der Waals surface area contributed by atoms with E-state index in [0.717, 1.165) is 31.6 Å². The fourth-order valence-electron chi connectivity index (χ4n) is 3.55. The van der Waals surface area contributed by atoms with E-state index in [-0.39, 0.29) is 17.7 Å². The van der Waals surface area contributed by atoms with Gasteiger partial charge in [0.25, 0.3) is 5.91 Å². The number of carbonyl (C=O) groups excluding carboxylic acids is 3. The van der Waals surface area contributed by atoms with E-state index in [2.05, 4.69) is 4.90 Å². The first-order valence-corrected chi connectivity index (χ1v) is 9.58. The average molecular weight is 372 g/mol. The zero-order valence-corrected chi connectivity index (χ0v) is 16.2. The van der Waals surface area contributed by atoms with Crippen LogP contribution in [0.4, 0.5) is 5.69 Å². The van der Waals surface area contributed by atoms with E-state index in [9.17, 15) is 14.4 Å². The molecule has 7 heteroatoms. The lowest BCUT2D eigenvalue weighted by molar-refractivity contribution is -0.129. The summed E-state index contributed by atoms with van der Waals surface area (Å²) in [5, 5.41) is 0. The zero-order valence-electron chi connectivity index (χ0n) is 16.2. The molecule has 0 bridgehead atoms. The maximum absolute atomic E-state index is 12.8. The van der Waals surface area contributed by atoms with Crippen LogP contribution in [0.25, 0.3) is 0 Å². The molecule has 2 heterocycles. The first-order valence-electron chi connectivity index (χ1n) is 9.58. The van der Waals surface area contributed by atoms with Crippen LogP contribution in [0.15, 0.2) is 24.3 Å². The second-order valence-electron chi connectivity index (χ2n) is 7.41. The van der Waals surface area contributed by atoms with Crippen molar-refractivity contribution >= 4 is 23.4 Å². The number of hydrogen-bond donors (Lipinski definition) is 0. The molecular formula is C20H28N4O3. The summed E-state index contributed by atoms with van der Waals surface area (Å²) >= 11 is 0. The Kier molecular flexibility index (Phi) is 6.11. The van der Waals surface area contributed by atoms with Crippen molar-refractivity contribution in [2.24, 2.45) is 0 Å². The van der Waals surface area contributed by atoms with E-state index in [1.165, 1.54) is 0 Å². The number of anilines is 1. The molecule has 27 heavy (non-hydrogen) atoms. The maximum atomic E-state index is 12.8. The molecule has 0 N–H and O–H groups in total. The molecule has 0 saturated carbocycles. The predicted octanol–water partition coefficient (Wildman–Crippen LogP) is 1.05. The van der Waals surface area contributed by atoms with Crippen LogP contribution in [-0.2, 0) is 9.59 Å². The minimum absolute atomic E-state index is 0.00934. The van der Waals surface area contributed by atoms with Gasteiger partial charge in [-0.1, -0.05) is 0 Å². The molecule has 2 fully saturated rings. The minimum Gasteiger partial charge on any atom is -0.348 e. The van der Waals surface area contributed by atoms with Crippen LogP contribution in [-0.4, -0.2) is 85.8 Å². The van der Waals surface area contributed by atoms with E-state index in [1.807, 2.05) is 29.2 Å².